The zero-order chi connectivity index (χ0) is 42.0. The fraction of sp³-hybridized carbons (Fsp3) is 0.833. The highest BCUT2D eigenvalue weighted by Gasteiger charge is 2.67. The minimum Gasteiger partial charge on any atom is -0.481 e. The molecule has 0 amide bonds. The molecule has 320 valence electrons. The van der Waals surface area contributed by atoms with Crippen molar-refractivity contribution >= 4 is 17.9 Å². The third-order valence-corrected chi connectivity index (χ3v) is 16.9. The van der Waals surface area contributed by atoms with Gasteiger partial charge in [0.25, 0.3) is 0 Å². The van der Waals surface area contributed by atoms with Crippen LogP contribution in [0.25, 0.3) is 0 Å². The molecule has 6 fully saturated rings. The van der Waals surface area contributed by atoms with Crippen LogP contribution in [0.4, 0.5) is 0 Å². The van der Waals surface area contributed by atoms with Gasteiger partial charge in [-0.25, -0.2) is 9.59 Å². The lowest BCUT2D eigenvalue weighted by Gasteiger charge is -2.68. The molecule has 7 aliphatic rings. The molecule has 0 aromatic rings. The topological polar surface area (TPSA) is 250 Å². The molecule has 15 nitrogen and oxygen atoms in total. The summed E-state index contributed by atoms with van der Waals surface area (Å²) in [6.07, 6.45) is -7.97. The van der Waals surface area contributed by atoms with Crippen LogP contribution in [0.15, 0.2) is 23.3 Å². The second kappa shape index (κ2) is 14.1. The van der Waals surface area contributed by atoms with E-state index in [2.05, 4.69) is 53.7 Å². The van der Waals surface area contributed by atoms with Gasteiger partial charge in [0.15, 0.2) is 24.8 Å². The van der Waals surface area contributed by atoms with Crippen LogP contribution in [-0.4, -0.2) is 126 Å². The molecule has 7 rings (SSSR count). The average Bonchev–Trinajstić information content (AvgIpc) is 3.12. The molecule has 2 heterocycles. The van der Waals surface area contributed by atoms with Crippen LogP contribution in [0.5, 0.6) is 0 Å². The van der Waals surface area contributed by atoms with Crippen LogP contribution in [-0.2, 0) is 33.3 Å². The number of rotatable bonds is 7. The Kier molecular flexibility index (Phi) is 10.5. The van der Waals surface area contributed by atoms with Gasteiger partial charge >= 0.3 is 17.9 Å². The highest BCUT2D eigenvalue weighted by Crippen LogP contribution is 2.74. The molecular formula is C42H62O15. The lowest BCUT2D eigenvalue weighted by Crippen LogP contribution is -2.66. The molecule has 57 heavy (non-hydrogen) atoms. The third kappa shape index (κ3) is 6.27. The van der Waals surface area contributed by atoms with E-state index in [1.54, 1.807) is 0 Å². The van der Waals surface area contributed by atoms with Gasteiger partial charge in [0, 0.05) is 0 Å². The van der Waals surface area contributed by atoms with Crippen LogP contribution >= 0.6 is 0 Å². The minimum atomic E-state index is -2.01. The average molecular weight is 807 g/mol. The van der Waals surface area contributed by atoms with Gasteiger partial charge in [-0.15, -0.1) is 0 Å². The van der Waals surface area contributed by atoms with Crippen molar-refractivity contribution in [3.05, 3.63) is 23.3 Å². The van der Waals surface area contributed by atoms with E-state index in [4.69, 9.17) is 18.9 Å². The molecule has 4 saturated carbocycles. The number of allylic oxidation sites excluding steroid dienone is 4. The Balaban J connectivity index is 1.17. The predicted molar refractivity (Wildman–Crippen MR) is 199 cm³/mol. The zero-order valence-corrected chi connectivity index (χ0v) is 34.0. The summed E-state index contributed by atoms with van der Waals surface area (Å²) in [5, 5.41) is 83.0. The Labute approximate surface area is 333 Å². The second-order valence-corrected chi connectivity index (χ2v) is 20.2. The van der Waals surface area contributed by atoms with Crippen LogP contribution in [0, 0.1) is 44.3 Å². The summed E-state index contributed by atoms with van der Waals surface area (Å²) in [5.74, 6) is -3.70. The molecule has 0 aromatic heterocycles. The van der Waals surface area contributed by atoms with E-state index in [0.717, 1.165) is 32.1 Å². The zero-order valence-electron chi connectivity index (χ0n) is 34.0. The molecule has 5 aliphatic carbocycles. The quantitative estimate of drug-likeness (QED) is 0.172. The van der Waals surface area contributed by atoms with Crippen molar-refractivity contribution in [1.82, 2.24) is 0 Å². The number of aliphatic hydroxyl groups is 5. The summed E-state index contributed by atoms with van der Waals surface area (Å²) < 4.78 is 23.5. The molecule has 0 radical (unpaired) electrons. The van der Waals surface area contributed by atoms with Gasteiger partial charge in [-0.05, 0) is 104 Å². The Morgan fingerprint density at radius 1 is 0.649 bits per heavy atom. The monoisotopic (exact) mass is 806 g/mol. The van der Waals surface area contributed by atoms with E-state index >= 15 is 0 Å². The number of fused-ring (bicyclic) bond motifs is 7. The maximum Gasteiger partial charge on any atom is 0.335 e. The number of ether oxygens (including phenoxy) is 4. The van der Waals surface area contributed by atoms with Crippen molar-refractivity contribution < 1.29 is 74.2 Å². The summed E-state index contributed by atoms with van der Waals surface area (Å²) in [6, 6.07) is 0. The van der Waals surface area contributed by atoms with E-state index in [9.17, 15) is 55.2 Å². The van der Waals surface area contributed by atoms with E-state index in [0.29, 0.717) is 25.7 Å². The lowest BCUT2D eigenvalue weighted by atomic mass is 9.36. The number of carboxylic acids is 3. The SMILES string of the molecule is CC1(C)[C@@H](O[C@@H]2O[C@H](C(=O)O)[C@@H](O)[C@H](O)[C@H]2O[C@@H]2O[C@H](C(=O)O)[C@@H](O)[C@H](O)[C@H]2O)CC[C@]2(C)C3=CC=C4[C@@H]5C[C@@](C)(C(=O)O)CC[C@]5(C)CC[C@@]4(C)[C@]3(C)CC[C@@H]12. The van der Waals surface area contributed by atoms with Crippen molar-refractivity contribution in [3.63, 3.8) is 0 Å². The Morgan fingerprint density at radius 2 is 1.25 bits per heavy atom. The molecule has 0 bridgehead atoms. The van der Waals surface area contributed by atoms with E-state index < -0.39 is 96.3 Å². The van der Waals surface area contributed by atoms with Gasteiger partial charge < -0.3 is 59.8 Å². The van der Waals surface area contributed by atoms with Crippen molar-refractivity contribution in [2.45, 2.75) is 174 Å². The van der Waals surface area contributed by atoms with Crippen LogP contribution < -0.4 is 0 Å². The van der Waals surface area contributed by atoms with Crippen LogP contribution in [0.1, 0.15) is 106 Å². The van der Waals surface area contributed by atoms with Gasteiger partial charge in [-0.2, -0.15) is 0 Å². The molecular weight excluding hydrogens is 744 g/mol. The van der Waals surface area contributed by atoms with Crippen molar-refractivity contribution in [2.75, 3.05) is 0 Å². The smallest absolute Gasteiger partial charge is 0.335 e. The van der Waals surface area contributed by atoms with Gasteiger partial charge in [-0.1, -0.05) is 64.8 Å². The van der Waals surface area contributed by atoms with Crippen LogP contribution in [0.2, 0.25) is 0 Å². The van der Waals surface area contributed by atoms with Gasteiger partial charge in [0.05, 0.1) is 11.5 Å². The molecule has 0 aromatic carbocycles. The number of hydrogen-bond acceptors (Lipinski definition) is 12. The molecule has 2 saturated heterocycles. The minimum absolute atomic E-state index is 0.0484. The Bertz CT molecular complexity index is 1710. The summed E-state index contributed by atoms with van der Waals surface area (Å²) >= 11 is 0. The first-order chi connectivity index (χ1) is 26.4. The standard InChI is InChI=1S/C42H62O15/c1-37(2)21-10-13-42(7)22(9-8-19-20-18-39(4,36(52)53)15-14-38(20,3)16-17-41(19,42)6)40(21,5)12-11-23(37)54-35-31(27(46)26(45)30(56-35)33(50)51)57-34-28(47)24(43)25(44)29(55-34)32(48)49/h8-9,20-21,23-31,34-35,43-47H,10-18H2,1-7H3,(H,48,49)(H,50,51)(H,52,53)/t20-,21-,23-,24-,25-,26-,27-,28+,29-,30-,31+,34-,35+,38+,39-,40-,41+,42+/m0/s1. The number of hydrogen-bond donors (Lipinski definition) is 8. The predicted octanol–water partition coefficient (Wildman–Crippen LogP) is 2.99. The molecule has 0 unspecified atom stereocenters. The molecule has 18 atom stereocenters. The van der Waals surface area contributed by atoms with Crippen molar-refractivity contribution in [3.8, 4) is 0 Å². The fourth-order valence-corrected chi connectivity index (χ4v) is 12.8. The first-order valence-electron chi connectivity index (χ1n) is 20.5. The first kappa shape index (κ1) is 42.6. The maximum atomic E-state index is 12.5. The van der Waals surface area contributed by atoms with E-state index in [1.165, 1.54) is 11.1 Å². The summed E-state index contributed by atoms with van der Waals surface area (Å²) in [5.41, 5.74) is 0.856. The highest BCUT2D eigenvalue weighted by molar-refractivity contribution is 5.75. The number of aliphatic hydroxyl groups excluding tert-OH is 5. The van der Waals surface area contributed by atoms with Gasteiger partial charge in [-0.3, -0.25) is 4.79 Å². The highest BCUT2D eigenvalue weighted by atomic mass is 16.8. The Hall–Kier alpha value is -2.47. The summed E-state index contributed by atoms with van der Waals surface area (Å²) in [4.78, 5) is 36.4. The summed E-state index contributed by atoms with van der Waals surface area (Å²) in [7, 11) is 0. The normalized spacial score (nSPS) is 51.8. The summed E-state index contributed by atoms with van der Waals surface area (Å²) in [6.45, 7) is 15.5. The van der Waals surface area contributed by atoms with Crippen molar-refractivity contribution in [1.29, 1.82) is 0 Å². The fourth-order valence-electron chi connectivity index (χ4n) is 12.8. The maximum absolute atomic E-state index is 12.5. The first-order valence-corrected chi connectivity index (χ1v) is 20.5. The van der Waals surface area contributed by atoms with Crippen LogP contribution in [0.3, 0.4) is 0 Å². The Morgan fingerprint density at radius 3 is 1.86 bits per heavy atom. The largest absolute Gasteiger partial charge is 0.481 e. The number of carbonyl (C=O) groups is 3. The van der Waals surface area contributed by atoms with Crippen molar-refractivity contribution in [2.24, 2.45) is 44.3 Å². The molecule has 15 heteroatoms. The number of aliphatic carboxylic acids is 3. The third-order valence-electron chi connectivity index (χ3n) is 16.9. The number of carboxylic acid groups (broad SMARTS) is 3. The molecule has 0 spiro atoms. The second-order valence-electron chi connectivity index (χ2n) is 20.2. The molecule has 8 N–H and O–H groups in total. The van der Waals surface area contributed by atoms with Gasteiger partial charge in [0.2, 0.25) is 0 Å². The van der Waals surface area contributed by atoms with E-state index in [1.807, 2.05) is 6.92 Å². The van der Waals surface area contributed by atoms with E-state index in [-0.39, 0.29) is 33.5 Å². The lowest BCUT2D eigenvalue weighted by molar-refractivity contribution is -0.370. The van der Waals surface area contributed by atoms with Gasteiger partial charge in [0.1, 0.15) is 36.6 Å². The molecule has 2 aliphatic heterocycles.